The molecule has 0 unspecified atom stereocenters. The summed E-state index contributed by atoms with van der Waals surface area (Å²) in [5, 5.41) is 8.86. The average Bonchev–Trinajstić information content (AvgIpc) is 2.23. The van der Waals surface area contributed by atoms with E-state index in [0.717, 1.165) is 15.8 Å². The average molecular weight is 282 g/mol. The molecule has 4 heteroatoms. The van der Waals surface area contributed by atoms with E-state index in [-0.39, 0.29) is 5.41 Å². The molecule has 0 aliphatic carbocycles. The van der Waals surface area contributed by atoms with Crippen LogP contribution in [0.1, 0.15) is 12.0 Å². The summed E-state index contributed by atoms with van der Waals surface area (Å²) in [5.41, 5.74) is 1.01. The predicted octanol–water partition coefficient (Wildman–Crippen LogP) is 2.64. The molecule has 1 saturated heterocycles. The summed E-state index contributed by atoms with van der Waals surface area (Å²) in [7, 11) is 1.64. The van der Waals surface area contributed by atoms with Gasteiger partial charge in [-0.05, 0) is 33.6 Å². The Hall–Kier alpha value is -1.05. The number of halogens is 1. The molecule has 16 heavy (non-hydrogen) atoms. The molecule has 1 aromatic rings. The highest BCUT2D eigenvalue weighted by Gasteiger charge is 2.40. The van der Waals surface area contributed by atoms with Gasteiger partial charge in [-0.1, -0.05) is 6.07 Å². The third kappa shape index (κ3) is 1.81. The summed E-state index contributed by atoms with van der Waals surface area (Å²) in [6.45, 7) is 1.25. The number of ether oxygens (including phenoxy) is 2. The molecule has 0 aromatic heterocycles. The maximum absolute atomic E-state index is 8.86. The third-order valence-corrected chi connectivity index (χ3v) is 3.56. The van der Waals surface area contributed by atoms with Crippen molar-refractivity contribution in [2.75, 3.05) is 20.3 Å². The van der Waals surface area contributed by atoms with Gasteiger partial charge >= 0.3 is 0 Å². The van der Waals surface area contributed by atoms with Crippen LogP contribution in [-0.2, 0) is 10.2 Å². The molecule has 1 aliphatic rings. The lowest BCUT2D eigenvalue weighted by molar-refractivity contribution is -0.0577. The predicted molar refractivity (Wildman–Crippen MR) is 63.4 cm³/mol. The van der Waals surface area contributed by atoms with Crippen molar-refractivity contribution < 1.29 is 9.47 Å². The van der Waals surface area contributed by atoms with Gasteiger partial charge in [0.15, 0.2) is 0 Å². The van der Waals surface area contributed by atoms with Crippen molar-refractivity contribution in [2.24, 2.45) is 0 Å². The number of nitrogens with zero attached hydrogens (tertiary/aromatic N) is 1. The maximum atomic E-state index is 8.86. The van der Waals surface area contributed by atoms with E-state index in [1.165, 1.54) is 0 Å². The summed E-state index contributed by atoms with van der Waals surface area (Å²) in [5.74, 6) is 0.802. The van der Waals surface area contributed by atoms with E-state index < -0.39 is 0 Å². The van der Waals surface area contributed by atoms with Crippen LogP contribution in [0.3, 0.4) is 0 Å². The number of hydrogen-bond acceptors (Lipinski definition) is 3. The minimum Gasteiger partial charge on any atom is -0.496 e. The third-order valence-electron chi connectivity index (χ3n) is 2.94. The Kier molecular flexibility index (Phi) is 3.17. The highest BCUT2D eigenvalue weighted by molar-refractivity contribution is 9.10. The van der Waals surface area contributed by atoms with Crippen molar-refractivity contribution in [3.8, 4) is 11.8 Å². The van der Waals surface area contributed by atoms with E-state index in [0.29, 0.717) is 19.6 Å². The zero-order valence-electron chi connectivity index (χ0n) is 9.00. The van der Waals surface area contributed by atoms with Gasteiger partial charge in [-0.3, -0.25) is 0 Å². The first-order valence-electron chi connectivity index (χ1n) is 5.00. The van der Waals surface area contributed by atoms with Gasteiger partial charge in [-0.25, -0.2) is 0 Å². The smallest absolute Gasteiger partial charge is 0.133 e. The molecule has 1 heterocycles. The van der Waals surface area contributed by atoms with Gasteiger partial charge in [0.1, 0.15) is 5.75 Å². The lowest BCUT2D eigenvalue weighted by Gasteiger charge is -2.40. The van der Waals surface area contributed by atoms with Crippen molar-refractivity contribution in [2.45, 2.75) is 11.8 Å². The Morgan fingerprint density at radius 1 is 1.56 bits per heavy atom. The maximum Gasteiger partial charge on any atom is 0.133 e. The minimum atomic E-state index is -0.121. The molecular formula is C12H12BrNO2. The van der Waals surface area contributed by atoms with Crippen molar-refractivity contribution >= 4 is 15.9 Å². The summed E-state index contributed by atoms with van der Waals surface area (Å²) in [4.78, 5) is 0. The van der Waals surface area contributed by atoms with Crippen LogP contribution in [0, 0.1) is 11.3 Å². The normalized spacial score (nSPS) is 17.3. The summed E-state index contributed by atoms with van der Waals surface area (Å²) >= 11 is 3.46. The van der Waals surface area contributed by atoms with Crippen LogP contribution in [0.5, 0.6) is 5.75 Å². The van der Waals surface area contributed by atoms with E-state index in [9.17, 15) is 0 Å². The van der Waals surface area contributed by atoms with Gasteiger partial charge < -0.3 is 9.47 Å². The molecule has 0 atom stereocenters. The molecule has 0 radical (unpaired) electrons. The molecule has 0 bridgehead atoms. The van der Waals surface area contributed by atoms with Gasteiger partial charge in [0.05, 0.1) is 36.3 Å². The number of hydrogen-bond donors (Lipinski definition) is 0. The Bertz CT molecular complexity index is 435. The standard InChI is InChI=1S/C12H12BrNO2/c1-15-11-3-2-9(6-10(11)13)12(4-5-14)7-16-8-12/h2-3,6H,4,7-8H2,1H3. The van der Waals surface area contributed by atoms with Gasteiger partial charge in [0.25, 0.3) is 0 Å². The molecule has 0 spiro atoms. The van der Waals surface area contributed by atoms with Crippen LogP contribution in [0.2, 0.25) is 0 Å². The molecule has 0 saturated carbocycles. The first-order valence-corrected chi connectivity index (χ1v) is 5.80. The number of rotatable bonds is 3. The molecule has 1 fully saturated rings. The van der Waals surface area contributed by atoms with Crippen LogP contribution in [0.4, 0.5) is 0 Å². The minimum absolute atomic E-state index is 0.121. The lowest BCUT2D eigenvalue weighted by atomic mass is 9.76. The van der Waals surface area contributed by atoms with Gasteiger partial charge in [0, 0.05) is 6.42 Å². The van der Waals surface area contributed by atoms with E-state index in [2.05, 4.69) is 22.0 Å². The molecule has 84 valence electrons. The number of nitriles is 1. The molecule has 2 rings (SSSR count). The van der Waals surface area contributed by atoms with Crippen LogP contribution >= 0.6 is 15.9 Å². The fourth-order valence-electron chi connectivity index (χ4n) is 1.87. The van der Waals surface area contributed by atoms with Gasteiger partial charge in [-0.2, -0.15) is 5.26 Å². The second kappa shape index (κ2) is 4.44. The zero-order chi connectivity index (χ0) is 11.6. The van der Waals surface area contributed by atoms with Crippen LogP contribution in [0.15, 0.2) is 22.7 Å². The topological polar surface area (TPSA) is 42.2 Å². The number of methoxy groups -OCH3 is 1. The van der Waals surface area contributed by atoms with Gasteiger partial charge in [0.2, 0.25) is 0 Å². The first-order chi connectivity index (χ1) is 7.72. The molecule has 1 aromatic carbocycles. The summed E-state index contributed by atoms with van der Waals surface area (Å²) in [6.07, 6.45) is 0.492. The largest absolute Gasteiger partial charge is 0.496 e. The van der Waals surface area contributed by atoms with E-state index in [1.54, 1.807) is 7.11 Å². The zero-order valence-corrected chi connectivity index (χ0v) is 10.6. The first kappa shape index (κ1) is 11.4. The van der Waals surface area contributed by atoms with Gasteiger partial charge in [-0.15, -0.1) is 0 Å². The van der Waals surface area contributed by atoms with Crippen molar-refractivity contribution in [1.29, 1.82) is 5.26 Å². The SMILES string of the molecule is COc1ccc(C2(CC#N)COC2)cc1Br. The Balaban J connectivity index is 2.33. The molecular weight excluding hydrogens is 270 g/mol. The van der Waals surface area contributed by atoms with E-state index in [1.807, 2.05) is 18.2 Å². The molecule has 3 nitrogen and oxygen atoms in total. The van der Waals surface area contributed by atoms with E-state index in [4.69, 9.17) is 14.7 Å². The molecule has 0 N–H and O–H groups in total. The quantitative estimate of drug-likeness (QED) is 0.855. The van der Waals surface area contributed by atoms with Crippen LogP contribution in [-0.4, -0.2) is 20.3 Å². The van der Waals surface area contributed by atoms with E-state index >= 15 is 0 Å². The van der Waals surface area contributed by atoms with Crippen molar-refractivity contribution in [1.82, 2.24) is 0 Å². The Morgan fingerprint density at radius 2 is 2.31 bits per heavy atom. The number of benzene rings is 1. The fraction of sp³-hybridized carbons (Fsp3) is 0.417. The molecule has 0 amide bonds. The molecule has 1 aliphatic heterocycles. The highest BCUT2D eigenvalue weighted by Crippen LogP contribution is 2.38. The summed E-state index contributed by atoms with van der Waals surface area (Å²) in [6, 6.07) is 8.16. The second-order valence-electron chi connectivity index (χ2n) is 3.96. The summed E-state index contributed by atoms with van der Waals surface area (Å²) < 4.78 is 11.3. The monoisotopic (exact) mass is 281 g/mol. The van der Waals surface area contributed by atoms with Crippen molar-refractivity contribution in [3.63, 3.8) is 0 Å². The second-order valence-corrected chi connectivity index (χ2v) is 4.81. The Labute approximate surface area is 103 Å². The fourth-order valence-corrected chi connectivity index (χ4v) is 2.41. The highest BCUT2D eigenvalue weighted by atomic mass is 79.9. The van der Waals surface area contributed by atoms with Crippen LogP contribution < -0.4 is 4.74 Å². The van der Waals surface area contributed by atoms with Crippen molar-refractivity contribution in [3.05, 3.63) is 28.2 Å². The Morgan fingerprint density at radius 3 is 2.75 bits per heavy atom. The van der Waals surface area contributed by atoms with Crippen LogP contribution in [0.25, 0.3) is 0 Å². The lowest BCUT2D eigenvalue weighted by Crippen LogP contribution is -2.46.